The number of para-hydroxylation sites is 2. The number of fused-ring (bicyclic) bond motifs is 2. The molecule has 82 heavy (non-hydrogen) atoms. The molecule has 0 saturated heterocycles. The predicted octanol–water partition coefficient (Wildman–Crippen LogP) is 13.9. The van der Waals surface area contributed by atoms with E-state index in [1.165, 1.54) is 22.3 Å². The summed E-state index contributed by atoms with van der Waals surface area (Å²) in [6.45, 7) is 16.3. The van der Waals surface area contributed by atoms with Crippen molar-refractivity contribution in [1.82, 2.24) is 9.44 Å². The average molecular weight is 1210 g/mol. The normalized spacial score (nSPS) is 12.4. The minimum Gasteiger partial charge on any atom is -0.464 e. The second kappa shape index (κ2) is 27.8. The molecule has 0 aromatic heterocycles. The smallest absolute Gasteiger partial charge is 0.407 e. The van der Waals surface area contributed by atoms with E-state index >= 15 is 17.6 Å². The van der Waals surface area contributed by atoms with Gasteiger partial charge in [0.25, 0.3) is 20.0 Å². The summed E-state index contributed by atoms with van der Waals surface area (Å²) in [7, 11) is -11.4. The second-order valence-corrected chi connectivity index (χ2v) is 26.6. The number of alkyl carbamates (subject to hydrolysis) is 1. The highest BCUT2D eigenvalue weighted by molar-refractivity contribution is 8.04. The molecular formula is C61H68F4N4O9S4. The van der Waals surface area contributed by atoms with E-state index < -0.39 is 82.4 Å². The van der Waals surface area contributed by atoms with Gasteiger partial charge in [-0.3, -0.25) is 4.79 Å². The number of anilines is 2. The summed E-state index contributed by atoms with van der Waals surface area (Å²) in [4.78, 5) is 24.5. The van der Waals surface area contributed by atoms with Crippen molar-refractivity contribution in [3.63, 3.8) is 0 Å². The molecule has 0 atom stereocenters. The highest BCUT2D eigenvalue weighted by atomic mass is 32.3. The van der Waals surface area contributed by atoms with E-state index in [9.17, 15) is 26.4 Å². The van der Waals surface area contributed by atoms with Crippen LogP contribution in [0.4, 0.5) is 39.4 Å². The number of nitrogens with zero attached hydrogens (tertiary/aromatic N) is 1. The van der Waals surface area contributed by atoms with Crippen LogP contribution < -0.4 is 20.1 Å². The van der Waals surface area contributed by atoms with Crippen LogP contribution in [0.2, 0.25) is 0 Å². The van der Waals surface area contributed by atoms with Crippen LogP contribution in [-0.2, 0) is 60.0 Å². The maximum Gasteiger partial charge on any atom is 0.407 e. The van der Waals surface area contributed by atoms with E-state index in [2.05, 4.69) is 109 Å². The monoisotopic (exact) mass is 1200 g/mol. The van der Waals surface area contributed by atoms with Crippen molar-refractivity contribution >= 4 is 84.5 Å². The SMILES string of the molecule is CC(C)Cc1cccc(CC(C)C)c1N=c1ccc2c(-c3ccccc3S(=O)(=O)NS(=O)(=O)c3c(F)c(F)c(SCCOC(=O)NCCOC(=O)CCS)c(F)c3F)c3ccc(Nc4c(CC(C)C)cccc4CC(C)C)cc3oc-2c1. The fourth-order valence-electron chi connectivity index (χ4n) is 9.52. The predicted molar refractivity (Wildman–Crippen MR) is 317 cm³/mol. The molecule has 0 spiro atoms. The molecule has 21 heteroatoms. The molecule has 0 bridgehead atoms. The number of amides is 1. The summed E-state index contributed by atoms with van der Waals surface area (Å²) in [5.74, 6) is -8.18. The molecule has 1 aliphatic heterocycles. The van der Waals surface area contributed by atoms with Crippen molar-refractivity contribution < 1.29 is 57.9 Å². The molecule has 1 aliphatic carbocycles. The maximum absolute atomic E-state index is 15.9. The molecule has 5 aromatic rings. The van der Waals surface area contributed by atoms with E-state index in [1.54, 1.807) is 30.3 Å². The van der Waals surface area contributed by atoms with Crippen molar-refractivity contribution in [2.24, 2.45) is 28.7 Å². The summed E-state index contributed by atoms with van der Waals surface area (Å²) in [6, 6.07) is 28.4. The highest BCUT2D eigenvalue weighted by Gasteiger charge is 2.37. The Morgan fingerprint density at radius 2 is 1.24 bits per heavy atom. The number of hydrogen-bond donors (Lipinski definition) is 4. The number of esters is 1. The molecule has 1 amide bonds. The average Bonchev–Trinajstić information content (AvgIpc) is 2.83. The lowest BCUT2D eigenvalue weighted by Gasteiger charge is -2.21. The number of nitrogens with one attached hydrogen (secondary N) is 3. The van der Waals surface area contributed by atoms with Crippen LogP contribution in [0.25, 0.3) is 33.4 Å². The lowest BCUT2D eigenvalue weighted by Crippen LogP contribution is -2.33. The van der Waals surface area contributed by atoms with Gasteiger partial charge in [0.2, 0.25) is 0 Å². The van der Waals surface area contributed by atoms with E-state index in [-0.39, 0.29) is 54.0 Å². The third-order valence-electron chi connectivity index (χ3n) is 12.8. The molecule has 1 heterocycles. The van der Waals surface area contributed by atoms with Gasteiger partial charge in [0.15, 0.2) is 28.2 Å². The third kappa shape index (κ3) is 15.6. The van der Waals surface area contributed by atoms with Gasteiger partial charge in [-0.25, -0.2) is 44.2 Å². The van der Waals surface area contributed by atoms with Gasteiger partial charge in [0.1, 0.15) is 24.6 Å². The molecule has 438 valence electrons. The summed E-state index contributed by atoms with van der Waals surface area (Å²) >= 11 is 4.08. The highest BCUT2D eigenvalue weighted by Crippen LogP contribution is 2.44. The molecule has 0 saturated carbocycles. The first-order chi connectivity index (χ1) is 38.9. The number of benzene rings is 6. The number of thioether (sulfide) groups is 1. The zero-order valence-electron chi connectivity index (χ0n) is 46.9. The van der Waals surface area contributed by atoms with Gasteiger partial charge in [-0.2, -0.15) is 12.6 Å². The Hall–Kier alpha value is -6.39. The zero-order chi connectivity index (χ0) is 59.6. The molecule has 13 nitrogen and oxygen atoms in total. The van der Waals surface area contributed by atoms with E-state index in [0.29, 0.717) is 51.2 Å². The molecule has 7 rings (SSSR count). The lowest BCUT2D eigenvalue weighted by molar-refractivity contribution is -0.142. The minimum absolute atomic E-state index is 0.0565. The Labute approximate surface area is 486 Å². The quantitative estimate of drug-likeness (QED) is 0.00813. The number of rotatable bonds is 25. The van der Waals surface area contributed by atoms with Gasteiger partial charge in [0, 0.05) is 57.1 Å². The van der Waals surface area contributed by atoms with Gasteiger partial charge < -0.3 is 24.5 Å². The van der Waals surface area contributed by atoms with Crippen molar-refractivity contribution in [2.45, 2.75) is 102 Å². The van der Waals surface area contributed by atoms with Gasteiger partial charge in [0.05, 0.1) is 33.8 Å². The largest absolute Gasteiger partial charge is 0.464 e. The van der Waals surface area contributed by atoms with Crippen LogP contribution in [0.5, 0.6) is 0 Å². The molecule has 0 unspecified atom stereocenters. The molecule has 0 fully saturated rings. The van der Waals surface area contributed by atoms with Crippen molar-refractivity contribution in [3.8, 4) is 22.5 Å². The number of halogens is 4. The second-order valence-electron chi connectivity index (χ2n) is 21.5. The summed E-state index contributed by atoms with van der Waals surface area (Å²) in [5.41, 5.74) is 7.74. The van der Waals surface area contributed by atoms with Crippen molar-refractivity contribution in [1.29, 1.82) is 0 Å². The summed E-state index contributed by atoms with van der Waals surface area (Å²) in [5, 5.41) is 6.88. The Morgan fingerprint density at radius 3 is 1.84 bits per heavy atom. The maximum atomic E-state index is 15.9. The van der Waals surface area contributed by atoms with Crippen LogP contribution in [0.15, 0.2) is 121 Å². The van der Waals surface area contributed by atoms with Crippen LogP contribution in [0.3, 0.4) is 0 Å². The van der Waals surface area contributed by atoms with Gasteiger partial charge in [-0.15, -0.1) is 15.9 Å². The number of ether oxygens (including phenoxy) is 2. The number of thiol groups is 1. The van der Waals surface area contributed by atoms with Gasteiger partial charge >= 0.3 is 12.1 Å². The van der Waals surface area contributed by atoms with Gasteiger partial charge in [-0.05, 0) is 102 Å². The molecular weight excluding hydrogens is 1140 g/mol. The van der Waals surface area contributed by atoms with E-state index in [0.717, 1.165) is 65.4 Å². The fourth-order valence-corrected chi connectivity index (χ4v) is 13.7. The topological polar surface area (TPSA) is 182 Å². The number of carbonyl (C=O) groups is 2. The Kier molecular flexibility index (Phi) is 21.4. The zero-order valence-corrected chi connectivity index (χ0v) is 50.3. The first-order valence-corrected chi connectivity index (χ1v) is 31.5. The molecule has 5 aromatic carbocycles. The van der Waals surface area contributed by atoms with Crippen LogP contribution >= 0.6 is 24.4 Å². The molecule has 0 radical (unpaired) electrons. The Bertz CT molecular complexity index is 3660. The van der Waals surface area contributed by atoms with Crippen LogP contribution in [0, 0.1) is 46.9 Å². The lowest BCUT2D eigenvalue weighted by atomic mass is 9.93. The van der Waals surface area contributed by atoms with Crippen molar-refractivity contribution in [3.05, 3.63) is 148 Å². The van der Waals surface area contributed by atoms with E-state index in [1.807, 2.05) is 12.1 Å². The first-order valence-electron chi connectivity index (χ1n) is 27.0. The Morgan fingerprint density at radius 1 is 0.659 bits per heavy atom. The van der Waals surface area contributed by atoms with Crippen LogP contribution in [0.1, 0.15) is 84.1 Å². The van der Waals surface area contributed by atoms with Gasteiger partial charge in [-0.1, -0.05) is 110 Å². The minimum atomic E-state index is -5.97. The number of carbonyl (C=O) groups excluding carboxylic acids is 2. The summed E-state index contributed by atoms with van der Waals surface area (Å²) in [6.07, 6.45) is 2.20. The van der Waals surface area contributed by atoms with Crippen molar-refractivity contribution in [2.75, 3.05) is 36.6 Å². The molecule has 2 aliphatic rings. The fraction of sp³-hybridized carbons (Fsp3) is 0.361. The van der Waals surface area contributed by atoms with Crippen LogP contribution in [-0.4, -0.2) is 60.2 Å². The number of hydrogen-bond acceptors (Lipinski definition) is 13. The summed E-state index contributed by atoms with van der Waals surface area (Å²) < 4.78 is 138. The Balaban J connectivity index is 1.30. The van der Waals surface area contributed by atoms with E-state index in [4.69, 9.17) is 18.9 Å². The standard InChI is InChI=1S/C61H68F4N4O9S4/c1-35(2)29-39-13-11-14-40(30-36(3)4)57(39)67-43-19-21-45-48(33-43)78-49-34-44(68-58-41(31-37(5)6)15-12-16-42(58)32-38(7)8)20-22-46(49)52(45)47-17-9-10-18-50(47)81(72,73)69-82(74,75)60-55(64)53(62)59(54(63)56(60)65)80-28-26-77-61(71)66-24-25-76-51(70)23-27-79/h9-22,33-38,67,69,79H,23-32H2,1-8H3,(H,66,71). The molecule has 3 N–H and O–H groups in total. The third-order valence-corrected chi connectivity index (χ3v) is 17.6. The first kappa shape index (κ1) is 63.2. The number of sulfonamides is 2.